The van der Waals surface area contributed by atoms with Gasteiger partial charge in [-0.25, -0.2) is 0 Å². The van der Waals surface area contributed by atoms with Crippen LogP contribution in [0, 0.1) is 0 Å². The first-order chi connectivity index (χ1) is 17.6. The summed E-state index contributed by atoms with van der Waals surface area (Å²) in [4.78, 5) is 29.0. The molecular weight excluding hydrogens is 529 g/mol. The van der Waals surface area contributed by atoms with Crippen molar-refractivity contribution in [2.45, 2.75) is 18.8 Å². The summed E-state index contributed by atoms with van der Waals surface area (Å²) in [5.41, 5.74) is 0.551. The minimum atomic E-state index is -4.54. The molecule has 2 fully saturated rings. The molecule has 0 radical (unpaired) electrons. The first-order valence-corrected chi connectivity index (χ1v) is 12.6. The number of carbonyl (C=O) groups is 2. The monoisotopic (exact) mass is 550 g/mol. The van der Waals surface area contributed by atoms with Crippen molar-refractivity contribution in [3.8, 4) is 0 Å². The van der Waals surface area contributed by atoms with Crippen molar-refractivity contribution in [3.05, 3.63) is 69.2 Å². The van der Waals surface area contributed by atoms with E-state index in [9.17, 15) is 22.8 Å². The summed E-state index contributed by atoms with van der Waals surface area (Å²) in [6.07, 6.45) is -1.58. The summed E-state index contributed by atoms with van der Waals surface area (Å²) in [5.74, 6) is -0.370. The Bertz CT molecular complexity index is 1410. The van der Waals surface area contributed by atoms with Gasteiger partial charge in [0.05, 0.1) is 48.0 Å². The van der Waals surface area contributed by atoms with Crippen LogP contribution in [0.2, 0.25) is 5.02 Å². The topological polar surface area (TPSA) is 67.7 Å². The van der Waals surface area contributed by atoms with E-state index in [0.29, 0.717) is 34.5 Å². The predicted molar refractivity (Wildman–Crippen MR) is 135 cm³/mol. The fourth-order valence-electron chi connectivity index (χ4n) is 4.42. The molecule has 3 aromatic rings. The number of likely N-dealkylation sites (N-methyl/N-ethyl adjacent to an activating group) is 1. The number of amides is 2. The Morgan fingerprint density at radius 1 is 1.22 bits per heavy atom. The normalized spacial score (nSPS) is 20.5. The number of halogens is 4. The van der Waals surface area contributed by atoms with Crippen LogP contribution >= 0.6 is 23.4 Å². The standard InChI is InChI=1S/C25H22ClF3N4O3S/c1-31-6-7-36-19(13-31)14-32-23(34)22(37-24(32)35)9-15-2-5-21-17(8-15)11-30-33(21)12-16-3-4-18(26)10-20(16)25(27,28)29/h2-5,8-11,19H,6-7,12-14H2,1H3/b22-9-/t19-/m0/s1. The summed E-state index contributed by atoms with van der Waals surface area (Å²) in [6.45, 7) is 2.11. The van der Waals surface area contributed by atoms with Crippen molar-refractivity contribution in [2.24, 2.45) is 0 Å². The van der Waals surface area contributed by atoms with E-state index in [1.165, 1.54) is 21.7 Å². The summed E-state index contributed by atoms with van der Waals surface area (Å²) >= 11 is 6.66. The second kappa shape index (κ2) is 10.1. The van der Waals surface area contributed by atoms with Crippen LogP contribution in [-0.2, 0) is 22.3 Å². The highest BCUT2D eigenvalue weighted by Crippen LogP contribution is 2.35. The number of alkyl halides is 3. The van der Waals surface area contributed by atoms with Crippen LogP contribution in [-0.4, -0.2) is 70.1 Å². The number of hydrogen-bond donors (Lipinski definition) is 0. The number of ether oxygens (including phenoxy) is 1. The molecule has 2 aliphatic rings. The Hall–Kier alpha value is -2.86. The van der Waals surface area contributed by atoms with Crippen LogP contribution in [0.4, 0.5) is 18.0 Å². The van der Waals surface area contributed by atoms with E-state index in [1.54, 1.807) is 30.5 Å². The number of morpholine rings is 1. The molecule has 37 heavy (non-hydrogen) atoms. The lowest BCUT2D eigenvalue weighted by Crippen LogP contribution is -2.47. The van der Waals surface area contributed by atoms with Crippen molar-refractivity contribution < 1.29 is 27.5 Å². The molecule has 0 spiro atoms. The Labute approximate surface area is 219 Å². The number of fused-ring (bicyclic) bond motifs is 1. The zero-order valence-electron chi connectivity index (χ0n) is 19.7. The molecule has 2 saturated heterocycles. The second-order valence-corrected chi connectivity index (χ2v) is 10.4. The molecular formula is C25H22ClF3N4O3S. The third-order valence-corrected chi connectivity index (χ3v) is 7.41. The number of benzene rings is 2. The molecule has 7 nitrogen and oxygen atoms in total. The van der Waals surface area contributed by atoms with Crippen molar-refractivity contribution in [3.63, 3.8) is 0 Å². The van der Waals surface area contributed by atoms with Crippen LogP contribution in [0.5, 0.6) is 0 Å². The molecule has 5 rings (SSSR count). The van der Waals surface area contributed by atoms with Crippen LogP contribution in [0.25, 0.3) is 17.0 Å². The maximum absolute atomic E-state index is 13.5. The number of hydrogen-bond acceptors (Lipinski definition) is 6. The van der Waals surface area contributed by atoms with Gasteiger partial charge in [0.15, 0.2) is 0 Å². The third-order valence-electron chi connectivity index (χ3n) is 6.26. The third kappa shape index (κ3) is 5.54. The number of thioether (sulfide) groups is 1. The Balaban J connectivity index is 1.35. The quantitative estimate of drug-likeness (QED) is 0.411. The van der Waals surface area contributed by atoms with E-state index in [1.807, 2.05) is 7.05 Å². The molecule has 12 heteroatoms. The van der Waals surface area contributed by atoms with Gasteiger partial charge in [-0.1, -0.05) is 23.7 Å². The minimum absolute atomic E-state index is 0.00839. The van der Waals surface area contributed by atoms with E-state index in [-0.39, 0.29) is 40.9 Å². The summed E-state index contributed by atoms with van der Waals surface area (Å²) in [5, 5.41) is 4.62. The van der Waals surface area contributed by atoms with Crippen LogP contribution in [0.3, 0.4) is 0 Å². The lowest BCUT2D eigenvalue weighted by molar-refractivity contribution is -0.138. The average Bonchev–Trinajstić information content (AvgIpc) is 3.35. The molecule has 2 amide bonds. The Kier molecular flexibility index (Phi) is 7.06. The predicted octanol–water partition coefficient (Wildman–Crippen LogP) is 5.12. The number of aromatic nitrogens is 2. The Morgan fingerprint density at radius 2 is 2.03 bits per heavy atom. The van der Waals surface area contributed by atoms with Gasteiger partial charge >= 0.3 is 6.18 Å². The van der Waals surface area contributed by atoms with E-state index >= 15 is 0 Å². The second-order valence-electron chi connectivity index (χ2n) is 8.97. The largest absolute Gasteiger partial charge is 0.416 e. The van der Waals surface area contributed by atoms with E-state index in [0.717, 1.165) is 24.4 Å². The molecule has 0 unspecified atom stereocenters. The first kappa shape index (κ1) is 25.8. The average molecular weight is 551 g/mol. The van der Waals surface area contributed by atoms with Crippen LogP contribution in [0.1, 0.15) is 16.7 Å². The van der Waals surface area contributed by atoms with E-state index in [2.05, 4.69) is 10.00 Å². The summed E-state index contributed by atoms with van der Waals surface area (Å²) < 4.78 is 47.6. The van der Waals surface area contributed by atoms with Crippen molar-refractivity contribution >= 4 is 51.5 Å². The lowest BCUT2D eigenvalue weighted by Gasteiger charge is -2.31. The van der Waals surface area contributed by atoms with Gasteiger partial charge in [-0.2, -0.15) is 18.3 Å². The van der Waals surface area contributed by atoms with Crippen molar-refractivity contribution in [1.29, 1.82) is 0 Å². The number of imide groups is 1. The van der Waals surface area contributed by atoms with Gasteiger partial charge in [0.1, 0.15) is 0 Å². The van der Waals surface area contributed by atoms with Gasteiger partial charge in [0.2, 0.25) is 0 Å². The van der Waals surface area contributed by atoms with E-state index in [4.69, 9.17) is 16.3 Å². The maximum atomic E-state index is 13.5. The Morgan fingerprint density at radius 3 is 2.78 bits per heavy atom. The fourth-order valence-corrected chi connectivity index (χ4v) is 5.44. The number of nitrogens with zero attached hydrogens (tertiary/aromatic N) is 4. The number of carbonyl (C=O) groups excluding carboxylic acids is 2. The molecule has 0 N–H and O–H groups in total. The molecule has 2 aliphatic heterocycles. The molecule has 2 aromatic carbocycles. The van der Waals surface area contributed by atoms with Crippen molar-refractivity contribution in [2.75, 3.05) is 33.3 Å². The van der Waals surface area contributed by atoms with Gasteiger partial charge in [0.25, 0.3) is 11.1 Å². The highest BCUT2D eigenvalue weighted by atomic mass is 35.5. The summed E-state index contributed by atoms with van der Waals surface area (Å²) in [6, 6.07) is 8.92. The van der Waals surface area contributed by atoms with E-state index < -0.39 is 11.7 Å². The van der Waals surface area contributed by atoms with Gasteiger partial charge in [0, 0.05) is 23.5 Å². The van der Waals surface area contributed by atoms with Gasteiger partial charge in [-0.15, -0.1) is 0 Å². The molecule has 1 aromatic heterocycles. The lowest BCUT2D eigenvalue weighted by atomic mass is 10.1. The smallest absolute Gasteiger partial charge is 0.374 e. The zero-order valence-corrected chi connectivity index (χ0v) is 21.2. The molecule has 0 bridgehead atoms. The summed E-state index contributed by atoms with van der Waals surface area (Å²) in [7, 11) is 1.96. The first-order valence-electron chi connectivity index (χ1n) is 11.5. The molecule has 194 valence electrons. The van der Waals surface area contributed by atoms with Gasteiger partial charge < -0.3 is 9.64 Å². The van der Waals surface area contributed by atoms with Crippen molar-refractivity contribution in [1.82, 2.24) is 19.6 Å². The van der Waals surface area contributed by atoms with Crippen LogP contribution < -0.4 is 0 Å². The highest BCUT2D eigenvalue weighted by molar-refractivity contribution is 8.18. The van der Waals surface area contributed by atoms with Gasteiger partial charge in [-0.05, 0) is 60.3 Å². The highest BCUT2D eigenvalue weighted by Gasteiger charge is 2.37. The minimum Gasteiger partial charge on any atom is -0.374 e. The SMILES string of the molecule is CN1CCO[C@H](CN2C(=O)S/C(=C\c3ccc4c(cnn4Cc4ccc(Cl)cc4C(F)(F)F)c3)C2=O)C1. The number of rotatable bonds is 5. The molecule has 0 saturated carbocycles. The molecule has 1 atom stereocenters. The maximum Gasteiger partial charge on any atom is 0.416 e. The molecule has 3 heterocycles. The van der Waals surface area contributed by atoms with Crippen LogP contribution in [0.15, 0.2) is 47.5 Å². The molecule has 0 aliphatic carbocycles. The van der Waals surface area contributed by atoms with Gasteiger partial charge in [-0.3, -0.25) is 19.2 Å². The fraction of sp³-hybridized carbons (Fsp3) is 0.320. The zero-order chi connectivity index (χ0) is 26.3.